The van der Waals surface area contributed by atoms with Gasteiger partial charge in [-0.3, -0.25) is 0 Å². The molecule has 0 aromatic heterocycles. The summed E-state index contributed by atoms with van der Waals surface area (Å²) in [5, 5.41) is 123. The lowest BCUT2D eigenvalue weighted by Gasteiger charge is -2.50. The minimum atomic E-state index is -1.95. The predicted molar refractivity (Wildman–Crippen MR) is 131 cm³/mol. The third-order valence-corrected chi connectivity index (χ3v) is 8.09. The van der Waals surface area contributed by atoms with Crippen LogP contribution in [0.15, 0.2) is 0 Å². The van der Waals surface area contributed by atoms with Crippen molar-refractivity contribution in [3.63, 3.8) is 0 Å². The average molecular weight is 635 g/mol. The smallest absolute Gasteiger partial charge is 0.187 e. The van der Waals surface area contributed by atoms with E-state index in [0.717, 1.165) is 0 Å². The van der Waals surface area contributed by atoms with Crippen LogP contribution in [0.1, 0.15) is 6.92 Å². The highest BCUT2D eigenvalue weighted by molar-refractivity contribution is 4.98. The molecule has 18 unspecified atom stereocenters. The first-order valence-electron chi connectivity index (χ1n) is 13.8. The van der Waals surface area contributed by atoms with Crippen LogP contribution in [-0.4, -0.2) is 204 Å². The fourth-order valence-electron chi connectivity index (χ4n) is 5.40. The molecule has 0 spiro atoms. The first-order chi connectivity index (χ1) is 20.3. The zero-order valence-electron chi connectivity index (χ0n) is 23.0. The lowest BCUT2D eigenvalue weighted by molar-refractivity contribution is -0.400. The maximum atomic E-state index is 11.1. The van der Waals surface area contributed by atoms with E-state index in [1.165, 1.54) is 6.92 Å². The van der Waals surface area contributed by atoms with E-state index < -0.39 is 136 Å². The quantitative estimate of drug-likeness (QED) is 0.112. The molecule has 252 valence electrons. The summed E-state index contributed by atoms with van der Waals surface area (Å²) in [6.07, 6.45) is -31.3. The van der Waals surface area contributed by atoms with Crippen LogP contribution in [-0.2, 0) is 33.2 Å². The Morgan fingerprint density at radius 2 is 0.977 bits per heavy atom. The summed E-state index contributed by atoms with van der Waals surface area (Å²) in [4.78, 5) is 0. The molecule has 4 heterocycles. The van der Waals surface area contributed by atoms with Crippen molar-refractivity contribution in [2.75, 3.05) is 26.4 Å². The number of rotatable bonds is 9. The molecule has 0 bridgehead atoms. The topological polar surface area (TPSA) is 307 Å². The average Bonchev–Trinajstić information content (AvgIpc) is 2.99. The van der Waals surface area contributed by atoms with Crippen molar-refractivity contribution in [3.05, 3.63) is 0 Å². The standard InChI is InChI=1S/C24H42O19/c1-6-11(29)15(33)17(35)22(38-6)43-21-20(42-23-18(36)16(34)13(31)8(2-25)39-23)14(32)9(3-26)40-24(21)41-19-10(4-27)37-5-7(28)12(19)30/h6-36H,2-5H2,1H3/t6?,7?,8?,9?,10-,11?,12?,13?,14?,15?,16?,17?,18?,19?,20?,21?,22?,23?,24?/m0/s1. The van der Waals surface area contributed by atoms with Gasteiger partial charge in [-0.2, -0.15) is 0 Å². The van der Waals surface area contributed by atoms with Crippen molar-refractivity contribution in [2.45, 2.75) is 123 Å². The van der Waals surface area contributed by atoms with Crippen molar-refractivity contribution in [2.24, 2.45) is 0 Å². The Bertz CT molecular complexity index is 866. The van der Waals surface area contributed by atoms with E-state index in [4.69, 9.17) is 33.2 Å². The Labute approximate surface area is 244 Å². The minimum Gasteiger partial charge on any atom is -0.394 e. The van der Waals surface area contributed by atoms with E-state index in [0.29, 0.717) is 0 Å². The zero-order valence-corrected chi connectivity index (χ0v) is 23.0. The molecule has 0 radical (unpaired) electrons. The summed E-state index contributed by atoms with van der Waals surface area (Å²) in [5.74, 6) is 0. The molecule has 0 saturated carbocycles. The van der Waals surface area contributed by atoms with E-state index in [9.17, 15) is 61.3 Å². The first-order valence-corrected chi connectivity index (χ1v) is 13.8. The summed E-state index contributed by atoms with van der Waals surface area (Å²) in [5.41, 5.74) is 0. The van der Waals surface area contributed by atoms with Gasteiger partial charge in [-0.25, -0.2) is 0 Å². The van der Waals surface area contributed by atoms with Gasteiger partial charge in [0, 0.05) is 0 Å². The van der Waals surface area contributed by atoms with Gasteiger partial charge >= 0.3 is 0 Å². The van der Waals surface area contributed by atoms with Gasteiger partial charge in [0.1, 0.15) is 91.6 Å². The molecule has 19 atom stereocenters. The van der Waals surface area contributed by atoms with Crippen molar-refractivity contribution in [1.29, 1.82) is 0 Å². The number of hydrogen-bond acceptors (Lipinski definition) is 19. The largest absolute Gasteiger partial charge is 0.394 e. The lowest BCUT2D eigenvalue weighted by atomic mass is 9.95. The van der Waals surface area contributed by atoms with Crippen molar-refractivity contribution < 1.29 is 94.4 Å². The molecule has 4 aliphatic heterocycles. The van der Waals surface area contributed by atoms with Gasteiger partial charge in [-0.15, -0.1) is 0 Å². The molecule has 4 aliphatic rings. The van der Waals surface area contributed by atoms with Gasteiger partial charge in [0.15, 0.2) is 18.9 Å². The van der Waals surface area contributed by atoms with Crippen LogP contribution >= 0.6 is 0 Å². The normalized spacial score (nSPS) is 53.1. The van der Waals surface area contributed by atoms with Crippen molar-refractivity contribution in [3.8, 4) is 0 Å². The third-order valence-electron chi connectivity index (χ3n) is 8.09. The number of ether oxygens (including phenoxy) is 7. The second-order valence-corrected chi connectivity index (χ2v) is 11.0. The second kappa shape index (κ2) is 14.8. The maximum Gasteiger partial charge on any atom is 0.187 e. The molecule has 4 rings (SSSR count). The monoisotopic (exact) mass is 634 g/mol. The zero-order chi connectivity index (χ0) is 31.7. The molecular formula is C24H42O19. The van der Waals surface area contributed by atoms with Crippen LogP contribution in [0.3, 0.4) is 0 Å². The summed E-state index contributed by atoms with van der Waals surface area (Å²) >= 11 is 0. The van der Waals surface area contributed by atoms with E-state index >= 15 is 0 Å². The Kier molecular flexibility index (Phi) is 12.1. The first kappa shape index (κ1) is 35.1. The fraction of sp³-hybridized carbons (Fsp3) is 1.00. The molecular weight excluding hydrogens is 592 g/mol. The SMILES string of the molecule is CC1OC(OC2C(OC3C(O)C(O)CO[C@H]3CO)OC(CO)C(O)C2OC2OC(CO)C(O)C(O)C2O)C(O)C(O)C1O. The highest BCUT2D eigenvalue weighted by atomic mass is 16.8. The van der Waals surface area contributed by atoms with Crippen LogP contribution in [0.4, 0.5) is 0 Å². The number of aliphatic hydroxyl groups is 12. The summed E-state index contributed by atoms with van der Waals surface area (Å²) in [6.45, 7) is -1.34. The minimum absolute atomic E-state index is 0.348. The Balaban J connectivity index is 1.68. The van der Waals surface area contributed by atoms with Crippen molar-refractivity contribution >= 4 is 0 Å². The highest BCUT2D eigenvalue weighted by Gasteiger charge is 2.55. The van der Waals surface area contributed by atoms with Gasteiger partial charge < -0.3 is 94.4 Å². The molecule has 12 N–H and O–H groups in total. The molecule has 0 aromatic carbocycles. The fourth-order valence-corrected chi connectivity index (χ4v) is 5.40. The Morgan fingerprint density at radius 3 is 1.58 bits per heavy atom. The lowest BCUT2D eigenvalue weighted by Crippen LogP contribution is -2.68. The van der Waals surface area contributed by atoms with Crippen LogP contribution in [0.25, 0.3) is 0 Å². The van der Waals surface area contributed by atoms with Crippen molar-refractivity contribution in [1.82, 2.24) is 0 Å². The molecule has 0 aromatic rings. The van der Waals surface area contributed by atoms with Gasteiger partial charge in [0.05, 0.1) is 32.5 Å². The molecule has 19 nitrogen and oxygen atoms in total. The summed E-state index contributed by atoms with van der Waals surface area (Å²) in [7, 11) is 0. The predicted octanol–water partition coefficient (Wildman–Crippen LogP) is -8.04. The van der Waals surface area contributed by atoms with Crippen LogP contribution in [0.2, 0.25) is 0 Å². The van der Waals surface area contributed by atoms with Crippen LogP contribution < -0.4 is 0 Å². The Morgan fingerprint density at radius 1 is 0.488 bits per heavy atom. The van der Waals surface area contributed by atoms with Gasteiger partial charge in [-0.1, -0.05) is 0 Å². The maximum absolute atomic E-state index is 11.1. The number of hydrogen-bond donors (Lipinski definition) is 12. The second-order valence-electron chi connectivity index (χ2n) is 11.0. The van der Waals surface area contributed by atoms with E-state index in [1.54, 1.807) is 0 Å². The molecule has 4 fully saturated rings. The summed E-state index contributed by atoms with van der Waals surface area (Å²) in [6, 6.07) is 0. The van der Waals surface area contributed by atoms with Gasteiger partial charge in [0.25, 0.3) is 0 Å². The molecule has 4 saturated heterocycles. The molecule has 0 amide bonds. The van der Waals surface area contributed by atoms with Crippen LogP contribution in [0.5, 0.6) is 0 Å². The molecule has 0 aliphatic carbocycles. The third kappa shape index (κ3) is 7.15. The van der Waals surface area contributed by atoms with E-state index in [-0.39, 0.29) is 6.61 Å². The van der Waals surface area contributed by atoms with E-state index in [1.807, 2.05) is 0 Å². The Hall–Kier alpha value is -0.760. The molecule has 43 heavy (non-hydrogen) atoms. The summed E-state index contributed by atoms with van der Waals surface area (Å²) < 4.78 is 39.4. The molecule has 19 heteroatoms. The number of aliphatic hydroxyl groups excluding tert-OH is 12. The highest BCUT2D eigenvalue weighted by Crippen LogP contribution is 2.35. The van der Waals surface area contributed by atoms with Crippen LogP contribution in [0, 0.1) is 0 Å². The van der Waals surface area contributed by atoms with E-state index in [2.05, 4.69) is 0 Å². The van der Waals surface area contributed by atoms with Gasteiger partial charge in [0.2, 0.25) is 0 Å². The van der Waals surface area contributed by atoms with Gasteiger partial charge in [-0.05, 0) is 6.92 Å².